The predicted molar refractivity (Wildman–Crippen MR) is 106 cm³/mol. The van der Waals surface area contributed by atoms with E-state index in [0.29, 0.717) is 12.0 Å². The molecule has 2 aliphatic rings. The summed E-state index contributed by atoms with van der Waals surface area (Å²) in [4.78, 5) is 14.7. The van der Waals surface area contributed by atoms with Gasteiger partial charge in [-0.15, -0.1) is 0 Å². The Hall–Kier alpha value is -2.30. The molecule has 1 saturated heterocycles. The second-order valence-corrected chi connectivity index (χ2v) is 8.28. The number of urea groups is 1. The topological polar surface area (TPSA) is 50.2 Å². The number of rotatable bonds is 4. The molecule has 0 radical (unpaired) electrons. The highest BCUT2D eigenvalue weighted by molar-refractivity contribution is 5.74. The van der Waals surface area contributed by atoms with Crippen LogP contribution in [0.4, 0.5) is 4.79 Å². The first kappa shape index (κ1) is 18.1. The minimum Gasteiger partial charge on any atom is -0.334 e. The molecule has 5 nitrogen and oxygen atoms in total. The first-order valence-electron chi connectivity index (χ1n) is 10.3. The van der Waals surface area contributed by atoms with Crippen molar-refractivity contribution in [1.82, 2.24) is 20.0 Å². The van der Waals surface area contributed by atoms with Crippen LogP contribution in [0.3, 0.4) is 0 Å². The largest absolute Gasteiger partial charge is 0.334 e. The molecule has 2 aromatic rings. The molecule has 2 amide bonds. The first-order valence-corrected chi connectivity index (χ1v) is 10.3. The maximum absolute atomic E-state index is 12.7. The quantitative estimate of drug-likeness (QED) is 0.882. The third-order valence-electron chi connectivity index (χ3n) is 6.18. The highest BCUT2D eigenvalue weighted by Gasteiger charge is 2.37. The van der Waals surface area contributed by atoms with Gasteiger partial charge in [-0.25, -0.2) is 4.79 Å². The van der Waals surface area contributed by atoms with E-state index >= 15 is 0 Å². The van der Waals surface area contributed by atoms with Crippen molar-refractivity contribution in [2.24, 2.45) is 5.41 Å². The Labute approximate surface area is 161 Å². The van der Waals surface area contributed by atoms with Crippen LogP contribution < -0.4 is 5.32 Å². The number of hydrogen-bond acceptors (Lipinski definition) is 2. The number of hydrogen-bond donors (Lipinski definition) is 1. The molecule has 1 saturated carbocycles. The van der Waals surface area contributed by atoms with Gasteiger partial charge in [0.1, 0.15) is 0 Å². The molecule has 27 heavy (non-hydrogen) atoms. The summed E-state index contributed by atoms with van der Waals surface area (Å²) in [6.07, 6.45) is 12.9. The van der Waals surface area contributed by atoms with Gasteiger partial charge in [0.15, 0.2) is 0 Å². The summed E-state index contributed by atoms with van der Waals surface area (Å²) < 4.78 is 1.93. The molecule has 0 unspecified atom stereocenters. The second-order valence-electron chi connectivity index (χ2n) is 8.28. The Kier molecular flexibility index (Phi) is 5.46. The number of benzene rings is 1. The molecule has 1 aromatic heterocycles. The highest BCUT2D eigenvalue weighted by atomic mass is 16.2. The van der Waals surface area contributed by atoms with E-state index in [1.807, 2.05) is 40.2 Å². The van der Waals surface area contributed by atoms with Crippen molar-refractivity contribution < 1.29 is 4.79 Å². The van der Waals surface area contributed by atoms with Crippen LogP contribution in [0.15, 0.2) is 42.7 Å². The van der Waals surface area contributed by atoms with Gasteiger partial charge >= 0.3 is 6.03 Å². The van der Waals surface area contributed by atoms with Gasteiger partial charge in [-0.05, 0) is 36.7 Å². The molecule has 5 heteroatoms. The summed E-state index contributed by atoms with van der Waals surface area (Å²) in [5, 5.41) is 7.52. The molecule has 1 N–H and O–H groups in total. The summed E-state index contributed by atoms with van der Waals surface area (Å²) >= 11 is 0. The van der Waals surface area contributed by atoms with Gasteiger partial charge in [0, 0.05) is 31.4 Å². The maximum Gasteiger partial charge on any atom is 0.317 e. The van der Waals surface area contributed by atoms with Gasteiger partial charge < -0.3 is 10.2 Å². The Morgan fingerprint density at radius 3 is 2.63 bits per heavy atom. The van der Waals surface area contributed by atoms with Crippen LogP contribution in [0.25, 0.3) is 0 Å². The van der Waals surface area contributed by atoms with Crippen molar-refractivity contribution in [1.29, 1.82) is 0 Å². The average Bonchev–Trinajstić information content (AvgIpc) is 3.15. The summed E-state index contributed by atoms with van der Waals surface area (Å²) in [5.74, 6) is 0. The summed E-state index contributed by atoms with van der Waals surface area (Å²) in [5.41, 5.74) is 2.67. The van der Waals surface area contributed by atoms with Gasteiger partial charge in [-0.1, -0.05) is 49.6 Å². The number of amides is 2. The Morgan fingerprint density at radius 2 is 1.81 bits per heavy atom. The van der Waals surface area contributed by atoms with Crippen LogP contribution in [-0.2, 0) is 13.1 Å². The van der Waals surface area contributed by atoms with Crippen LogP contribution in [0, 0.1) is 5.41 Å². The van der Waals surface area contributed by atoms with Gasteiger partial charge in [0.25, 0.3) is 0 Å². The lowest BCUT2D eigenvalue weighted by molar-refractivity contribution is 0.0705. The second kappa shape index (κ2) is 8.15. The average molecular weight is 367 g/mol. The van der Waals surface area contributed by atoms with E-state index in [4.69, 9.17) is 0 Å². The van der Waals surface area contributed by atoms with E-state index in [2.05, 4.69) is 22.5 Å². The van der Waals surface area contributed by atoms with Crippen LogP contribution in [-0.4, -0.2) is 33.8 Å². The van der Waals surface area contributed by atoms with Crippen molar-refractivity contribution in [3.8, 4) is 0 Å². The fourth-order valence-corrected chi connectivity index (χ4v) is 4.74. The molecular formula is C22H30N4O. The van der Waals surface area contributed by atoms with Gasteiger partial charge in [0.2, 0.25) is 0 Å². The van der Waals surface area contributed by atoms with Gasteiger partial charge in [-0.2, -0.15) is 5.10 Å². The van der Waals surface area contributed by atoms with Crippen molar-refractivity contribution in [2.45, 2.75) is 58.0 Å². The summed E-state index contributed by atoms with van der Waals surface area (Å²) in [7, 11) is 0. The predicted octanol–water partition coefficient (Wildman–Crippen LogP) is 4.19. The molecule has 1 aliphatic heterocycles. The van der Waals surface area contributed by atoms with E-state index in [1.165, 1.54) is 44.1 Å². The standard InChI is InChI=1S/C22H30N4O/c27-21(25-13-7-12-22(18-25)10-5-2-6-11-22)23-14-20-15-24-26(17-20)16-19-8-3-1-4-9-19/h1,3-4,8-9,15,17H,2,5-7,10-14,16,18H2,(H,23,27). The zero-order valence-corrected chi connectivity index (χ0v) is 16.1. The lowest BCUT2D eigenvalue weighted by atomic mass is 9.69. The Balaban J connectivity index is 1.29. The van der Waals surface area contributed by atoms with E-state index in [9.17, 15) is 4.79 Å². The monoisotopic (exact) mass is 366 g/mol. The van der Waals surface area contributed by atoms with Crippen LogP contribution in [0.2, 0.25) is 0 Å². The van der Waals surface area contributed by atoms with Crippen LogP contribution in [0.5, 0.6) is 0 Å². The minimum atomic E-state index is 0.0791. The Bertz CT molecular complexity index is 743. The van der Waals surface area contributed by atoms with Crippen molar-refractivity contribution in [2.75, 3.05) is 13.1 Å². The third-order valence-corrected chi connectivity index (χ3v) is 6.18. The third kappa shape index (κ3) is 4.52. The fraction of sp³-hybridized carbons (Fsp3) is 0.545. The van der Waals surface area contributed by atoms with Crippen molar-refractivity contribution >= 4 is 6.03 Å². The SMILES string of the molecule is O=C(NCc1cnn(Cc2ccccc2)c1)N1CCCC2(CCCCC2)C1. The normalized spacial score (nSPS) is 19.2. The Morgan fingerprint density at radius 1 is 1.04 bits per heavy atom. The molecule has 2 fully saturated rings. The molecule has 2 heterocycles. The zero-order chi connectivity index (χ0) is 18.5. The van der Waals surface area contributed by atoms with E-state index < -0.39 is 0 Å². The van der Waals surface area contributed by atoms with Crippen LogP contribution in [0.1, 0.15) is 56.1 Å². The summed E-state index contributed by atoms with van der Waals surface area (Å²) in [6, 6.07) is 10.4. The molecule has 4 rings (SSSR count). The lowest BCUT2D eigenvalue weighted by Gasteiger charge is -2.45. The number of carbonyl (C=O) groups excluding carboxylic acids is 1. The van der Waals surface area contributed by atoms with Crippen LogP contribution >= 0.6 is 0 Å². The number of carbonyl (C=O) groups is 1. The fourth-order valence-electron chi connectivity index (χ4n) is 4.74. The first-order chi connectivity index (χ1) is 13.2. The molecular weight excluding hydrogens is 336 g/mol. The number of piperidine rings is 1. The van der Waals surface area contributed by atoms with E-state index in [-0.39, 0.29) is 6.03 Å². The number of nitrogens with one attached hydrogen (secondary N) is 1. The molecule has 1 aromatic carbocycles. The number of likely N-dealkylation sites (tertiary alicyclic amines) is 1. The molecule has 144 valence electrons. The molecule has 1 aliphatic carbocycles. The van der Waals surface area contributed by atoms with Gasteiger partial charge in [-0.3, -0.25) is 4.68 Å². The minimum absolute atomic E-state index is 0.0791. The van der Waals surface area contributed by atoms with Crippen molar-refractivity contribution in [3.63, 3.8) is 0 Å². The van der Waals surface area contributed by atoms with E-state index in [0.717, 1.165) is 31.6 Å². The smallest absolute Gasteiger partial charge is 0.317 e. The highest BCUT2D eigenvalue weighted by Crippen LogP contribution is 2.43. The maximum atomic E-state index is 12.7. The molecule has 0 atom stereocenters. The lowest BCUT2D eigenvalue weighted by Crippen LogP contribution is -2.50. The number of nitrogens with zero attached hydrogens (tertiary/aromatic N) is 3. The molecule has 1 spiro atoms. The summed E-state index contributed by atoms with van der Waals surface area (Å²) in [6.45, 7) is 3.12. The number of aromatic nitrogens is 2. The molecule has 0 bridgehead atoms. The van der Waals surface area contributed by atoms with Crippen molar-refractivity contribution in [3.05, 3.63) is 53.9 Å². The zero-order valence-electron chi connectivity index (χ0n) is 16.1. The van der Waals surface area contributed by atoms with Gasteiger partial charge in [0.05, 0.1) is 12.7 Å². The van der Waals surface area contributed by atoms with E-state index in [1.54, 1.807) is 0 Å².